The molecule has 0 aliphatic heterocycles. The lowest BCUT2D eigenvalue weighted by molar-refractivity contribution is -0.161. The zero-order chi connectivity index (χ0) is 11.1. The molecular formula is C10H8F3NO. The number of carbonyl (C=O) groups excluding carboxylic acids is 1. The smallest absolute Gasteiger partial charge is 0.298 e. The van der Waals surface area contributed by atoms with E-state index in [0.717, 1.165) is 0 Å². The Morgan fingerprint density at radius 3 is 2.53 bits per heavy atom. The molecule has 1 fully saturated rings. The van der Waals surface area contributed by atoms with Crippen molar-refractivity contribution in [2.24, 2.45) is 0 Å². The first-order valence-electron chi connectivity index (χ1n) is 4.49. The summed E-state index contributed by atoms with van der Waals surface area (Å²) in [6.45, 7) is 0. The van der Waals surface area contributed by atoms with Gasteiger partial charge in [0.25, 0.3) is 0 Å². The number of aldehydes is 1. The second-order valence-electron chi connectivity index (χ2n) is 3.64. The average molecular weight is 215 g/mol. The predicted molar refractivity (Wildman–Crippen MR) is 46.6 cm³/mol. The maximum Gasteiger partial charge on any atom is 0.399 e. The van der Waals surface area contributed by atoms with Gasteiger partial charge in [-0.05, 0) is 25.0 Å². The number of hydrogen-bond donors (Lipinski definition) is 0. The summed E-state index contributed by atoms with van der Waals surface area (Å²) in [6, 6.07) is 2.82. The summed E-state index contributed by atoms with van der Waals surface area (Å²) in [6.07, 6.45) is -2.57. The van der Waals surface area contributed by atoms with E-state index >= 15 is 0 Å². The molecule has 15 heavy (non-hydrogen) atoms. The molecule has 0 unspecified atom stereocenters. The number of aromatic nitrogens is 1. The molecule has 0 bridgehead atoms. The van der Waals surface area contributed by atoms with Crippen molar-refractivity contribution in [1.29, 1.82) is 0 Å². The van der Waals surface area contributed by atoms with Gasteiger partial charge in [-0.25, -0.2) is 0 Å². The molecule has 0 amide bonds. The molecule has 2 nitrogen and oxygen atoms in total. The first kappa shape index (κ1) is 10.1. The molecule has 0 radical (unpaired) electrons. The molecule has 0 spiro atoms. The van der Waals surface area contributed by atoms with E-state index in [4.69, 9.17) is 0 Å². The van der Waals surface area contributed by atoms with Crippen LogP contribution in [0.3, 0.4) is 0 Å². The second-order valence-corrected chi connectivity index (χ2v) is 3.64. The molecule has 0 N–H and O–H groups in total. The van der Waals surface area contributed by atoms with Crippen molar-refractivity contribution in [1.82, 2.24) is 4.98 Å². The normalized spacial score (nSPS) is 18.6. The van der Waals surface area contributed by atoms with E-state index in [-0.39, 0.29) is 24.1 Å². The second kappa shape index (κ2) is 3.05. The van der Waals surface area contributed by atoms with Crippen LogP contribution < -0.4 is 0 Å². The largest absolute Gasteiger partial charge is 0.399 e. The summed E-state index contributed by atoms with van der Waals surface area (Å²) < 4.78 is 38.2. The van der Waals surface area contributed by atoms with Gasteiger partial charge >= 0.3 is 6.18 Å². The molecule has 1 aromatic heterocycles. The Balaban J connectivity index is 2.50. The van der Waals surface area contributed by atoms with E-state index in [1.165, 1.54) is 18.3 Å². The number of nitrogens with zero attached hydrogens (tertiary/aromatic N) is 1. The molecule has 1 aliphatic rings. The molecule has 80 valence electrons. The van der Waals surface area contributed by atoms with Gasteiger partial charge in [-0.1, -0.05) is 0 Å². The summed E-state index contributed by atoms with van der Waals surface area (Å²) in [5.41, 5.74) is -1.97. The Hall–Kier alpha value is -1.39. The SMILES string of the molecule is O=Cc1cccnc1C1(C(F)(F)F)CC1. The molecule has 1 aromatic rings. The molecule has 5 heteroatoms. The summed E-state index contributed by atoms with van der Waals surface area (Å²) in [5.74, 6) is 0. The Morgan fingerprint density at radius 2 is 2.07 bits per heavy atom. The van der Waals surface area contributed by atoms with Crippen LogP contribution in [0.5, 0.6) is 0 Å². The van der Waals surface area contributed by atoms with Gasteiger partial charge in [0.2, 0.25) is 0 Å². The molecule has 0 atom stereocenters. The van der Waals surface area contributed by atoms with Crippen LogP contribution in [-0.4, -0.2) is 17.4 Å². The van der Waals surface area contributed by atoms with Gasteiger partial charge in [-0.2, -0.15) is 13.2 Å². The Morgan fingerprint density at radius 1 is 1.40 bits per heavy atom. The fraction of sp³-hybridized carbons (Fsp3) is 0.400. The Labute approximate surface area is 84.1 Å². The average Bonchev–Trinajstić information content (AvgIpc) is 2.97. The number of carbonyl (C=O) groups is 1. The Bertz CT molecular complexity index is 396. The number of hydrogen-bond acceptors (Lipinski definition) is 2. The van der Waals surface area contributed by atoms with Gasteiger partial charge in [0.15, 0.2) is 6.29 Å². The minimum atomic E-state index is -4.32. The van der Waals surface area contributed by atoms with Crippen LogP contribution in [0.2, 0.25) is 0 Å². The molecular weight excluding hydrogens is 207 g/mol. The summed E-state index contributed by atoms with van der Waals surface area (Å²) >= 11 is 0. The lowest BCUT2D eigenvalue weighted by Crippen LogP contribution is -2.30. The first-order valence-corrected chi connectivity index (χ1v) is 4.49. The first-order chi connectivity index (χ1) is 7.01. The third kappa shape index (κ3) is 1.42. The highest BCUT2D eigenvalue weighted by atomic mass is 19.4. The van der Waals surface area contributed by atoms with Gasteiger partial charge < -0.3 is 0 Å². The molecule has 0 aromatic carbocycles. The van der Waals surface area contributed by atoms with Crippen molar-refractivity contribution >= 4 is 6.29 Å². The topological polar surface area (TPSA) is 30.0 Å². The zero-order valence-electron chi connectivity index (χ0n) is 7.71. The van der Waals surface area contributed by atoms with E-state index in [9.17, 15) is 18.0 Å². The fourth-order valence-electron chi connectivity index (χ4n) is 1.69. The molecule has 1 heterocycles. The zero-order valence-corrected chi connectivity index (χ0v) is 7.71. The van der Waals surface area contributed by atoms with Crippen LogP contribution in [0.4, 0.5) is 13.2 Å². The van der Waals surface area contributed by atoms with Crippen LogP contribution in [0.15, 0.2) is 18.3 Å². The lowest BCUT2D eigenvalue weighted by Gasteiger charge is -2.19. The Kier molecular flexibility index (Phi) is 2.06. The van der Waals surface area contributed by atoms with Crippen LogP contribution >= 0.6 is 0 Å². The molecule has 1 saturated carbocycles. The van der Waals surface area contributed by atoms with Crippen molar-refractivity contribution in [2.75, 3.05) is 0 Å². The van der Waals surface area contributed by atoms with E-state index < -0.39 is 11.6 Å². The summed E-state index contributed by atoms with van der Waals surface area (Å²) in [5, 5.41) is 0. The van der Waals surface area contributed by atoms with Crippen molar-refractivity contribution < 1.29 is 18.0 Å². The van der Waals surface area contributed by atoms with Crippen LogP contribution in [-0.2, 0) is 5.41 Å². The number of rotatable bonds is 2. The number of alkyl halides is 3. The van der Waals surface area contributed by atoms with Crippen LogP contribution in [0.25, 0.3) is 0 Å². The lowest BCUT2D eigenvalue weighted by atomic mass is 9.97. The maximum absolute atomic E-state index is 12.7. The van der Waals surface area contributed by atoms with E-state index in [1.54, 1.807) is 0 Å². The van der Waals surface area contributed by atoms with Crippen LogP contribution in [0, 0.1) is 0 Å². The number of halogens is 3. The minimum absolute atomic E-state index is 0.0222. The van der Waals surface area contributed by atoms with Gasteiger partial charge in [0.1, 0.15) is 5.41 Å². The van der Waals surface area contributed by atoms with Crippen molar-refractivity contribution in [3.8, 4) is 0 Å². The molecule has 1 aliphatic carbocycles. The minimum Gasteiger partial charge on any atom is -0.298 e. The fourth-order valence-corrected chi connectivity index (χ4v) is 1.69. The third-order valence-corrected chi connectivity index (χ3v) is 2.71. The van der Waals surface area contributed by atoms with Crippen molar-refractivity contribution in [3.63, 3.8) is 0 Å². The summed E-state index contributed by atoms with van der Waals surface area (Å²) in [4.78, 5) is 14.3. The highest BCUT2D eigenvalue weighted by molar-refractivity contribution is 5.77. The molecule has 2 rings (SSSR count). The van der Waals surface area contributed by atoms with Crippen LogP contribution in [0.1, 0.15) is 28.9 Å². The van der Waals surface area contributed by atoms with E-state index in [0.29, 0.717) is 6.29 Å². The van der Waals surface area contributed by atoms with Gasteiger partial charge in [0, 0.05) is 11.8 Å². The van der Waals surface area contributed by atoms with E-state index in [1.807, 2.05) is 0 Å². The quantitative estimate of drug-likeness (QED) is 0.709. The number of pyridine rings is 1. The van der Waals surface area contributed by atoms with Crippen molar-refractivity contribution in [2.45, 2.75) is 24.4 Å². The van der Waals surface area contributed by atoms with Crippen molar-refractivity contribution in [3.05, 3.63) is 29.6 Å². The molecule has 0 saturated heterocycles. The highest BCUT2D eigenvalue weighted by Crippen LogP contribution is 2.58. The monoisotopic (exact) mass is 215 g/mol. The van der Waals surface area contributed by atoms with Gasteiger partial charge in [-0.15, -0.1) is 0 Å². The van der Waals surface area contributed by atoms with Gasteiger partial charge in [-0.3, -0.25) is 9.78 Å². The summed E-state index contributed by atoms with van der Waals surface area (Å²) in [7, 11) is 0. The van der Waals surface area contributed by atoms with E-state index in [2.05, 4.69) is 4.98 Å². The maximum atomic E-state index is 12.7. The van der Waals surface area contributed by atoms with Gasteiger partial charge in [0.05, 0.1) is 5.69 Å². The highest BCUT2D eigenvalue weighted by Gasteiger charge is 2.65. The predicted octanol–water partition coefficient (Wildman–Crippen LogP) is 2.49. The standard InChI is InChI=1S/C10H8F3NO/c11-10(12,13)9(3-4-9)8-7(6-15)2-1-5-14-8/h1-2,5-6H,3-4H2. The third-order valence-electron chi connectivity index (χ3n) is 2.71.